The molecule has 2 aliphatic rings. The molecule has 1 aliphatic carbocycles. The van der Waals surface area contributed by atoms with Crippen molar-refractivity contribution in [3.8, 4) is 0 Å². The van der Waals surface area contributed by atoms with Crippen LogP contribution in [0.3, 0.4) is 0 Å². The highest BCUT2D eigenvalue weighted by Crippen LogP contribution is 2.47. The molecule has 0 aromatic carbocycles. The van der Waals surface area contributed by atoms with Crippen molar-refractivity contribution in [2.24, 2.45) is 10.4 Å². The zero-order valence-corrected chi connectivity index (χ0v) is 9.45. The van der Waals surface area contributed by atoms with Gasteiger partial charge in [0.2, 0.25) is 0 Å². The molecule has 1 heterocycles. The minimum Gasteiger partial charge on any atom is -0.362 e. The molecule has 0 radical (unpaired) electrons. The van der Waals surface area contributed by atoms with Crippen molar-refractivity contribution in [2.75, 3.05) is 5.75 Å². The van der Waals surface area contributed by atoms with Crippen molar-refractivity contribution < 1.29 is 0 Å². The van der Waals surface area contributed by atoms with E-state index in [4.69, 9.17) is 4.99 Å². The third-order valence-corrected chi connectivity index (χ3v) is 3.83. The fourth-order valence-corrected chi connectivity index (χ4v) is 2.68. The molecule has 2 rings (SSSR count). The van der Waals surface area contributed by atoms with Crippen LogP contribution in [-0.2, 0) is 0 Å². The van der Waals surface area contributed by atoms with E-state index < -0.39 is 0 Å². The van der Waals surface area contributed by atoms with Crippen LogP contribution in [0.4, 0.5) is 0 Å². The Hall–Kier alpha value is -0.180. The molecule has 1 saturated heterocycles. The van der Waals surface area contributed by atoms with Crippen LogP contribution in [0.15, 0.2) is 4.99 Å². The highest BCUT2D eigenvalue weighted by atomic mass is 32.2. The predicted octanol–water partition coefficient (Wildman–Crippen LogP) is 2.26. The maximum atomic E-state index is 4.72. The first kappa shape index (κ1) is 9.38. The van der Waals surface area contributed by atoms with E-state index in [2.05, 4.69) is 26.1 Å². The number of hydrogen-bond acceptors (Lipinski definition) is 2. The van der Waals surface area contributed by atoms with Crippen molar-refractivity contribution in [3.63, 3.8) is 0 Å². The Bertz CT molecular complexity index is 235. The third kappa shape index (κ3) is 2.19. The number of nitrogens with zero attached hydrogens (tertiary/aromatic N) is 1. The van der Waals surface area contributed by atoms with Gasteiger partial charge in [-0.15, -0.1) is 0 Å². The van der Waals surface area contributed by atoms with E-state index >= 15 is 0 Å². The molecule has 1 saturated carbocycles. The largest absolute Gasteiger partial charge is 0.362 e. The van der Waals surface area contributed by atoms with E-state index in [1.165, 1.54) is 23.8 Å². The maximum Gasteiger partial charge on any atom is 0.157 e. The van der Waals surface area contributed by atoms with Gasteiger partial charge in [-0.25, -0.2) is 0 Å². The summed E-state index contributed by atoms with van der Waals surface area (Å²) in [5, 5.41) is 4.61. The summed E-state index contributed by atoms with van der Waals surface area (Å²) in [6.45, 7) is 6.81. The highest BCUT2D eigenvalue weighted by Gasteiger charge is 2.46. The molecule has 74 valence electrons. The van der Waals surface area contributed by atoms with Gasteiger partial charge in [0.15, 0.2) is 5.17 Å². The van der Waals surface area contributed by atoms with Gasteiger partial charge in [-0.05, 0) is 25.2 Å². The van der Waals surface area contributed by atoms with Crippen LogP contribution in [0.5, 0.6) is 0 Å². The third-order valence-electron chi connectivity index (χ3n) is 2.89. The average Bonchev–Trinajstić information content (AvgIpc) is 2.58. The maximum absolute atomic E-state index is 4.72. The van der Waals surface area contributed by atoms with E-state index in [0.29, 0.717) is 17.5 Å². The molecule has 1 aliphatic heterocycles. The van der Waals surface area contributed by atoms with Crippen LogP contribution in [0.1, 0.15) is 33.6 Å². The van der Waals surface area contributed by atoms with Gasteiger partial charge in [-0.2, -0.15) is 0 Å². The Labute approximate surface area is 84.6 Å². The Balaban J connectivity index is 1.93. The molecule has 0 aromatic rings. The minimum atomic E-state index is 0.468. The second-order valence-corrected chi connectivity index (χ2v) is 5.91. The van der Waals surface area contributed by atoms with Crippen LogP contribution >= 0.6 is 11.8 Å². The standard InChI is InChI=1S/C10H18N2S/c1-7-4-5-13-9(11-7)12-8-6-10(8,2)3/h7-8H,4-6H2,1-3H3,(H,11,12). The molecule has 2 unspecified atom stereocenters. The van der Waals surface area contributed by atoms with Crippen molar-refractivity contribution in [2.45, 2.75) is 45.7 Å². The van der Waals surface area contributed by atoms with Gasteiger partial charge in [0.05, 0.1) is 6.04 Å². The number of aliphatic imine (C=N–C) groups is 1. The van der Waals surface area contributed by atoms with Gasteiger partial charge in [-0.1, -0.05) is 25.6 Å². The topological polar surface area (TPSA) is 24.4 Å². The zero-order valence-electron chi connectivity index (χ0n) is 8.63. The van der Waals surface area contributed by atoms with Crippen LogP contribution < -0.4 is 5.32 Å². The van der Waals surface area contributed by atoms with Crippen molar-refractivity contribution >= 4 is 16.9 Å². The lowest BCUT2D eigenvalue weighted by Gasteiger charge is -2.21. The van der Waals surface area contributed by atoms with E-state index in [9.17, 15) is 0 Å². The summed E-state index contributed by atoms with van der Waals surface area (Å²) in [6.07, 6.45) is 2.52. The average molecular weight is 198 g/mol. The number of rotatable bonds is 1. The first-order valence-corrected chi connectivity index (χ1v) is 6.03. The summed E-state index contributed by atoms with van der Waals surface area (Å²) < 4.78 is 0. The Morgan fingerprint density at radius 3 is 2.77 bits per heavy atom. The fraction of sp³-hybridized carbons (Fsp3) is 0.900. The zero-order chi connectivity index (χ0) is 9.47. The van der Waals surface area contributed by atoms with E-state index in [1.54, 1.807) is 0 Å². The van der Waals surface area contributed by atoms with Crippen LogP contribution in [0.25, 0.3) is 0 Å². The summed E-state index contributed by atoms with van der Waals surface area (Å²) in [5.41, 5.74) is 0.468. The van der Waals surface area contributed by atoms with Gasteiger partial charge >= 0.3 is 0 Å². The first-order chi connectivity index (χ1) is 6.08. The molecule has 1 N–H and O–H groups in total. The summed E-state index contributed by atoms with van der Waals surface area (Å²) >= 11 is 1.87. The first-order valence-electron chi connectivity index (χ1n) is 5.05. The molecule has 0 aromatic heterocycles. The number of amidine groups is 1. The molecule has 0 bridgehead atoms. The highest BCUT2D eigenvalue weighted by molar-refractivity contribution is 8.13. The molecular formula is C10H18N2S. The molecule has 2 fully saturated rings. The summed E-state index contributed by atoms with van der Waals surface area (Å²) in [5.74, 6) is 1.22. The number of hydrogen-bond donors (Lipinski definition) is 1. The lowest BCUT2D eigenvalue weighted by molar-refractivity contribution is 0.610. The van der Waals surface area contributed by atoms with E-state index in [0.717, 1.165) is 0 Å². The van der Waals surface area contributed by atoms with Crippen molar-refractivity contribution in [1.82, 2.24) is 5.32 Å². The molecule has 2 atom stereocenters. The Morgan fingerprint density at radius 1 is 1.54 bits per heavy atom. The second-order valence-electron chi connectivity index (χ2n) is 4.83. The van der Waals surface area contributed by atoms with Crippen LogP contribution in [0, 0.1) is 5.41 Å². The summed E-state index contributed by atoms with van der Waals surface area (Å²) in [6, 6.07) is 1.19. The summed E-state index contributed by atoms with van der Waals surface area (Å²) in [7, 11) is 0. The second kappa shape index (κ2) is 3.19. The van der Waals surface area contributed by atoms with Crippen molar-refractivity contribution in [1.29, 1.82) is 0 Å². The van der Waals surface area contributed by atoms with Gasteiger partial charge in [-0.3, -0.25) is 4.99 Å². The molecular weight excluding hydrogens is 180 g/mol. The monoisotopic (exact) mass is 198 g/mol. The van der Waals surface area contributed by atoms with Gasteiger partial charge in [0.1, 0.15) is 0 Å². The summed E-state index contributed by atoms with van der Waals surface area (Å²) in [4.78, 5) is 4.72. The lowest BCUT2D eigenvalue weighted by atomic mass is 10.2. The smallest absolute Gasteiger partial charge is 0.157 e. The van der Waals surface area contributed by atoms with Gasteiger partial charge < -0.3 is 5.32 Å². The quantitative estimate of drug-likeness (QED) is 0.699. The number of thioether (sulfide) groups is 1. The molecule has 2 nitrogen and oxygen atoms in total. The normalized spacial score (nSPS) is 40.1. The van der Waals surface area contributed by atoms with E-state index in [1.807, 2.05) is 11.8 Å². The number of nitrogens with one attached hydrogen (secondary N) is 1. The van der Waals surface area contributed by atoms with Gasteiger partial charge in [0, 0.05) is 11.8 Å². The molecule has 0 amide bonds. The van der Waals surface area contributed by atoms with Gasteiger partial charge in [0.25, 0.3) is 0 Å². The molecule has 0 spiro atoms. The van der Waals surface area contributed by atoms with Crippen molar-refractivity contribution in [3.05, 3.63) is 0 Å². The Kier molecular flexibility index (Phi) is 2.30. The minimum absolute atomic E-state index is 0.468. The predicted molar refractivity (Wildman–Crippen MR) is 59.3 cm³/mol. The molecule has 3 heteroatoms. The lowest BCUT2D eigenvalue weighted by Crippen LogP contribution is -2.35. The van der Waals surface area contributed by atoms with Crippen LogP contribution in [-0.4, -0.2) is 23.0 Å². The Morgan fingerprint density at radius 2 is 2.23 bits per heavy atom. The van der Waals surface area contributed by atoms with Crippen LogP contribution in [0.2, 0.25) is 0 Å². The SMILES string of the molecule is CC1CCSC(=NC2CC2(C)C)N1. The molecule has 13 heavy (non-hydrogen) atoms. The van der Waals surface area contributed by atoms with E-state index in [-0.39, 0.29) is 0 Å². The fourth-order valence-electron chi connectivity index (χ4n) is 1.53.